The zero-order valence-electron chi connectivity index (χ0n) is 20.5. The van der Waals surface area contributed by atoms with Crippen LogP contribution in [0.5, 0.6) is 5.75 Å². The van der Waals surface area contributed by atoms with Crippen molar-refractivity contribution >= 4 is 38.5 Å². The van der Waals surface area contributed by atoms with Gasteiger partial charge in [0.2, 0.25) is 0 Å². The summed E-state index contributed by atoms with van der Waals surface area (Å²) in [4.78, 5) is 31.7. The highest BCUT2D eigenvalue weighted by atomic mass is 32.1. The third-order valence-corrected chi connectivity index (χ3v) is 7.45. The molecule has 0 radical (unpaired) electrons. The molecule has 0 bridgehead atoms. The summed E-state index contributed by atoms with van der Waals surface area (Å²) in [6.07, 6.45) is 7.82. The summed E-state index contributed by atoms with van der Waals surface area (Å²) in [7, 11) is 1.62. The van der Waals surface area contributed by atoms with Crippen LogP contribution in [0.4, 0.5) is 5.82 Å². The van der Waals surface area contributed by atoms with Crippen LogP contribution in [0.15, 0.2) is 53.2 Å². The van der Waals surface area contributed by atoms with Gasteiger partial charge in [0.05, 0.1) is 24.6 Å². The van der Waals surface area contributed by atoms with E-state index in [0.717, 1.165) is 54.7 Å². The van der Waals surface area contributed by atoms with Gasteiger partial charge in [0.15, 0.2) is 17.0 Å². The van der Waals surface area contributed by atoms with Gasteiger partial charge in [-0.05, 0) is 49.3 Å². The van der Waals surface area contributed by atoms with Crippen LogP contribution in [0.3, 0.4) is 0 Å². The lowest BCUT2D eigenvalue weighted by Gasteiger charge is -2.23. The molecule has 1 saturated heterocycles. The number of nitrogens with one attached hydrogen (secondary N) is 1. The number of hydrogen-bond donors (Lipinski definition) is 1. The third-order valence-electron chi connectivity index (χ3n) is 6.56. The highest BCUT2D eigenvalue weighted by Crippen LogP contribution is 2.27. The predicted octanol–water partition coefficient (Wildman–Crippen LogP) is 4.34. The Labute approximate surface area is 216 Å². The molecule has 4 aromatic heterocycles. The Morgan fingerprint density at radius 1 is 1.22 bits per heavy atom. The van der Waals surface area contributed by atoms with Crippen LogP contribution < -0.4 is 15.6 Å². The van der Waals surface area contributed by atoms with Crippen molar-refractivity contribution in [2.24, 2.45) is 0 Å². The maximum atomic E-state index is 13.4. The fraction of sp³-hybridized carbons (Fsp3) is 0.346. The lowest BCUT2D eigenvalue weighted by atomic mass is 10.2. The van der Waals surface area contributed by atoms with Crippen molar-refractivity contribution in [2.75, 3.05) is 25.6 Å². The van der Waals surface area contributed by atoms with Gasteiger partial charge in [0, 0.05) is 25.6 Å². The smallest absolute Gasteiger partial charge is 0.276 e. The Morgan fingerprint density at radius 3 is 3.03 bits per heavy atom. The van der Waals surface area contributed by atoms with E-state index in [1.807, 2.05) is 40.3 Å². The van der Waals surface area contributed by atoms with Crippen LogP contribution in [0.1, 0.15) is 37.7 Å². The maximum Gasteiger partial charge on any atom is 0.276 e. The van der Waals surface area contributed by atoms with E-state index in [0.29, 0.717) is 35.1 Å². The number of imidazole rings is 1. The highest BCUT2D eigenvalue weighted by molar-refractivity contribution is 7.17. The summed E-state index contributed by atoms with van der Waals surface area (Å²) >= 11 is 1.41. The van der Waals surface area contributed by atoms with Gasteiger partial charge in [0.25, 0.3) is 5.56 Å². The van der Waals surface area contributed by atoms with E-state index in [4.69, 9.17) is 14.5 Å². The summed E-state index contributed by atoms with van der Waals surface area (Å²) in [6, 6.07) is 9.38. The third kappa shape index (κ3) is 4.56. The average Bonchev–Trinajstić information content (AvgIpc) is 3.60. The van der Waals surface area contributed by atoms with Crippen molar-refractivity contribution in [3.63, 3.8) is 0 Å². The Hall–Kier alpha value is -3.83. The summed E-state index contributed by atoms with van der Waals surface area (Å²) in [5.74, 6) is 2.08. The fourth-order valence-electron chi connectivity index (χ4n) is 4.73. The van der Waals surface area contributed by atoms with Gasteiger partial charge in [-0.2, -0.15) is 0 Å². The predicted molar refractivity (Wildman–Crippen MR) is 143 cm³/mol. The van der Waals surface area contributed by atoms with Crippen LogP contribution in [0, 0.1) is 0 Å². The van der Waals surface area contributed by atoms with Gasteiger partial charge < -0.3 is 14.8 Å². The van der Waals surface area contributed by atoms with Crippen molar-refractivity contribution in [3.8, 4) is 11.4 Å². The highest BCUT2D eigenvalue weighted by Gasteiger charge is 2.20. The van der Waals surface area contributed by atoms with E-state index >= 15 is 0 Å². The lowest BCUT2D eigenvalue weighted by molar-refractivity contribution is -0.0298. The van der Waals surface area contributed by atoms with E-state index < -0.39 is 0 Å². The lowest BCUT2D eigenvalue weighted by Crippen LogP contribution is -2.23. The molecule has 0 saturated carbocycles. The molecule has 10 nitrogen and oxygen atoms in total. The topological polar surface area (TPSA) is 109 Å². The Balaban J connectivity index is 1.22. The molecule has 0 spiro atoms. The van der Waals surface area contributed by atoms with Crippen LogP contribution >= 0.6 is 11.3 Å². The largest absolute Gasteiger partial charge is 0.497 e. The molecule has 11 heteroatoms. The minimum absolute atomic E-state index is 0.0343. The van der Waals surface area contributed by atoms with Crippen LogP contribution in [-0.4, -0.2) is 49.3 Å². The number of ether oxygens (including phenoxy) is 2. The van der Waals surface area contributed by atoms with E-state index in [1.54, 1.807) is 24.3 Å². The van der Waals surface area contributed by atoms with E-state index in [2.05, 4.69) is 20.3 Å². The molecular weight excluding hydrogens is 490 g/mol. The molecule has 1 aliphatic rings. The molecule has 1 aliphatic heterocycles. The van der Waals surface area contributed by atoms with Crippen molar-refractivity contribution in [1.82, 2.24) is 29.1 Å². The minimum atomic E-state index is -0.0656. The zero-order chi connectivity index (χ0) is 25.2. The fourth-order valence-corrected chi connectivity index (χ4v) is 5.49. The monoisotopic (exact) mass is 517 g/mol. The van der Waals surface area contributed by atoms with Crippen molar-refractivity contribution in [3.05, 3.63) is 64.5 Å². The number of anilines is 1. The molecule has 1 atom stereocenters. The standard InChI is InChI=1S/C26H27N7O3S/c1-35-18-7-4-6-17(14-18)33-20(31-19-10-13-37-23(19)26(33)34)8-5-11-27-24-22-25(29-15-28-24)32(16-30-22)21-9-2-3-12-36-21/h4,6-7,10,13-16,21H,2-3,5,8-9,11-12H2,1H3,(H,27,28,29). The molecule has 1 unspecified atom stereocenters. The number of benzene rings is 1. The number of nitrogens with zero attached hydrogens (tertiary/aromatic N) is 6. The van der Waals surface area contributed by atoms with Gasteiger partial charge in [-0.1, -0.05) is 6.07 Å². The van der Waals surface area contributed by atoms with Gasteiger partial charge in [0.1, 0.15) is 28.8 Å². The first-order chi connectivity index (χ1) is 18.2. The quantitative estimate of drug-likeness (QED) is 0.303. The number of aryl methyl sites for hydroxylation is 1. The van der Waals surface area contributed by atoms with Crippen molar-refractivity contribution < 1.29 is 9.47 Å². The molecule has 1 N–H and O–H groups in total. The average molecular weight is 518 g/mol. The van der Waals surface area contributed by atoms with E-state index in [1.165, 1.54) is 11.3 Å². The molecule has 37 heavy (non-hydrogen) atoms. The van der Waals surface area contributed by atoms with Gasteiger partial charge in [-0.15, -0.1) is 11.3 Å². The van der Waals surface area contributed by atoms with Gasteiger partial charge in [-0.25, -0.2) is 19.9 Å². The Morgan fingerprint density at radius 2 is 2.16 bits per heavy atom. The first-order valence-electron chi connectivity index (χ1n) is 12.4. The Kier molecular flexibility index (Phi) is 6.54. The maximum absolute atomic E-state index is 13.4. The number of fused-ring (bicyclic) bond motifs is 2. The number of thiophene rings is 1. The molecule has 190 valence electrons. The normalized spacial score (nSPS) is 15.9. The molecule has 6 rings (SSSR count). The number of hydrogen-bond acceptors (Lipinski definition) is 9. The van der Waals surface area contributed by atoms with Gasteiger partial charge >= 0.3 is 0 Å². The first-order valence-corrected chi connectivity index (χ1v) is 13.3. The van der Waals surface area contributed by atoms with Crippen LogP contribution in [0.2, 0.25) is 0 Å². The molecule has 0 aliphatic carbocycles. The SMILES string of the molecule is COc1cccc(-n2c(CCCNc3ncnc4c3ncn4C3CCCCO3)nc3ccsc3c2=O)c1. The second-order valence-corrected chi connectivity index (χ2v) is 9.82. The summed E-state index contributed by atoms with van der Waals surface area (Å²) < 4.78 is 15.6. The molecule has 0 amide bonds. The molecule has 1 aromatic carbocycles. The second kappa shape index (κ2) is 10.3. The van der Waals surface area contributed by atoms with Crippen molar-refractivity contribution in [2.45, 2.75) is 38.3 Å². The molecular formula is C26H27N7O3S. The first kappa shape index (κ1) is 23.6. The zero-order valence-corrected chi connectivity index (χ0v) is 21.3. The molecule has 5 aromatic rings. The molecule has 1 fully saturated rings. The number of aromatic nitrogens is 6. The molecule has 5 heterocycles. The number of rotatable bonds is 8. The minimum Gasteiger partial charge on any atom is -0.497 e. The van der Waals surface area contributed by atoms with E-state index in [9.17, 15) is 4.79 Å². The van der Waals surface area contributed by atoms with Gasteiger partial charge in [-0.3, -0.25) is 13.9 Å². The van der Waals surface area contributed by atoms with E-state index in [-0.39, 0.29) is 11.8 Å². The summed E-state index contributed by atoms with van der Waals surface area (Å²) in [5, 5.41) is 5.30. The Bertz CT molecular complexity index is 1600. The number of methoxy groups -OCH3 is 1. The summed E-state index contributed by atoms with van der Waals surface area (Å²) in [6.45, 7) is 1.39. The van der Waals surface area contributed by atoms with Crippen molar-refractivity contribution in [1.29, 1.82) is 0 Å². The summed E-state index contributed by atoms with van der Waals surface area (Å²) in [5.41, 5.74) is 2.89. The second-order valence-electron chi connectivity index (χ2n) is 8.90. The van der Waals surface area contributed by atoms with Crippen LogP contribution in [0.25, 0.3) is 27.1 Å². The van der Waals surface area contributed by atoms with Crippen LogP contribution in [-0.2, 0) is 11.2 Å².